The van der Waals surface area contributed by atoms with Gasteiger partial charge in [0, 0.05) is 37.0 Å². The Labute approximate surface area is 139 Å². The van der Waals surface area contributed by atoms with E-state index in [1.54, 1.807) is 6.20 Å². The summed E-state index contributed by atoms with van der Waals surface area (Å²) < 4.78 is 44.2. The second-order valence-corrected chi connectivity index (χ2v) is 6.17. The molecule has 24 heavy (non-hydrogen) atoms. The van der Waals surface area contributed by atoms with E-state index >= 15 is 0 Å². The Kier molecular flexibility index (Phi) is 4.94. The highest BCUT2D eigenvalue weighted by Crippen LogP contribution is 2.34. The van der Waals surface area contributed by atoms with Crippen molar-refractivity contribution in [2.45, 2.75) is 25.9 Å². The van der Waals surface area contributed by atoms with Crippen molar-refractivity contribution in [1.82, 2.24) is 4.98 Å². The van der Waals surface area contributed by atoms with Crippen molar-refractivity contribution in [2.24, 2.45) is 5.92 Å². The third-order valence-electron chi connectivity index (χ3n) is 4.46. The number of rotatable bonds is 4. The number of pyridine rings is 1. The number of halogens is 3. The van der Waals surface area contributed by atoms with Crippen LogP contribution in [0, 0.1) is 5.92 Å². The van der Waals surface area contributed by atoms with Gasteiger partial charge in [-0.2, -0.15) is 13.2 Å². The summed E-state index contributed by atoms with van der Waals surface area (Å²) >= 11 is 0. The van der Waals surface area contributed by atoms with Crippen molar-refractivity contribution >= 4 is 16.6 Å². The minimum absolute atomic E-state index is 0.384. The molecule has 0 N–H and O–H groups in total. The van der Waals surface area contributed by atoms with Gasteiger partial charge in [-0.3, -0.25) is 4.98 Å². The summed E-state index contributed by atoms with van der Waals surface area (Å²) in [5, 5.41) is 0.766. The second kappa shape index (κ2) is 6.97. The summed E-state index contributed by atoms with van der Waals surface area (Å²) in [5.74, 6) is 0.455. The van der Waals surface area contributed by atoms with Crippen LogP contribution < -0.4 is 4.90 Å². The van der Waals surface area contributed by atoms with Crippen molar-refractivity contribution in [3.63, 3.8) is 0 Å². The molecule has 1 fully saturated rings. The third kappa shape index (κ3) is 3.64. The van der Waals surface area contributed by atoms with E-state index < -0.39 is 11.7 Å². The molecule has 3 rings (SSSR count). The van der Waals surface area contributed by atoms with E-state index in [-0.39, 0.29) is 0 Å². The van der Waals surface area contributed by atoms with E-state index in [4.69, 9.17) is 4.74 Å². The molecule has 3 nitrogen and oxygen atoms in total. The molecule has 1 aromatic carbocycles. The maximum Gasteiger partial charge on any atom is 0.416 e. The number of alkyl halides is 3. The Balaban J connectivity index is 1.89. The van der Waals surface area contributed by atoms with Gasteiger partial charge < -0.3 is 9.64 Å². The Morgan fingerprint density at radius 2 is 2.12 bits per heavy atom. The number of benzene rings is 1. The predicted molar refractivity (Wildman–Crippen MR) is 88.2 cm³/mol. The summed E-state index contributed by atoms with van der Waals surface area (Å²) in [7, 11) is 0. The Bertz CT molecular complexity index is 702. The molecule has 6 heteroatoms. The van der Waals surface area contributed by atoms with Gasteiger partial charge in [-0.15, -0.1) is 0 Å². The molecule has 1 saturated heterocycles. The first-order valence-corrected chi connectivity index (χ1v) is 8.27. The quantitative estimate of drug-likeness (QED) is 0.820. The average molecular weight is 338 g/mol. The average Bonchev–Trinajstić information content (AvgIpc) is 2.58. The van der Waals surface area contributed by atoms with Crippen LogP contribution in [-0.4, -0.2) is 31.3 Å². The van der Waals surface area contributed by atoms with Crippen molar-refractivity contribution in [1.29, 1.82) is 0 Å². The van der Waals surface area contributed by atoms with Gasteiger partial charge in [0.05, 0.1) is 17.7 Å². The summed E-state index contributed by atoms with van der Waals surface area (Å²) in [6.45, 7) is 5.18. The van der Waals surface area contributed by atoms with Crippen molar-refractivity contribution < 1.29 is 17.9 Å². The molecule has 1 atom stereocenters. The molecule has 1 unspecified atom stereocenters. The van der Waals surface area contributed by atoms with Gasteiger partial charge in [0.1, 0.15) is 0 Å². The highest BCUT2D eigenvalue weighted by Gasteiger charge is 2.31. The molecular weight excluding hydrogens is 317 g/mol. The van der Waals surface area contributed by atoms with Crippen LogP contribution in [0.5, 0.6) is 0 Å². The van der Waals surface area contributed by atoms with Crippen LogP contribution in [0.2, 0.25) is 0 Å². The van der Waals surface area contributed by atoms with Crippen molar-refractivity contribution in [3.05, 3.63) is 36.0 Å². The molecule has 2 aromatic rings. The van der Waals surface area contributed by atoms with Gasteiger partial charge in [-0.25, -0.2) is 0 Å². The predicted octanol–water partition coefficient (Wildman–Crippen LogP) is 4.51. The normalized spacial score (nSPS) is 19.0. The standard InChI is InChI=1S/C18H21F3N2O/c1-2-24-12-13-4-3-9-23(11-13)17-7-8-22-16-10-14(18(19,20)21)5-6-15(16)17/h5-8,10,13H,2-4,9,11-12H2,1H3. The van der Waals surface area contributed by atoms with Gasteiger partial charge in [0.2, 0.25) is 0 Å². The molecule has 0 radical (unpaired) electrons. The maximum absolute atomic E-state index is 12.9. The fourth-order valence-corrected chi connectivity index (χ4v) is 3.29. The molecule has 0 amide bonds. The van der Waals surface area contributed by atoms with Crippen molar-refractivity contribution in [2.75, 3.05) is 31.2 Å². The maximum atomic E-state index is 12.9. The van der Waals surface area contributed by atoms with Crippen LogP contribution in [0.3, 0.4) is 0 Å². The lowest BCUT2D eigenvalue weighted by atomic mass is 9.97. The number of nitrogens with zero attached hydrogens (tertiary/aromatic N) is 2. The first-order chi connectivity index (χ1) is 11.5. The van der Waals surface area contributed by atoms with Gasteiger partial charge >= 0.3 is 6.18 Å². The Morgan fingerprint density at radius 3 is 2.88 bits per heavy atom. The van der Waals surface area contributed by atoms with E-state index in [0.717, 1.165) is 55.7 Å². The molecule has 0 aliphatic carbocycles. The monoisotopic (exact) mass is 338 g/mol. The number of ether oxygens (including phenoxy) is 1. The van der Waals surface area contributed by atoms with E-state index in [1.807, 2.05) is 13.0 Å². The highest BCUT2D eigenvalue weighted by atomic mass is 19.4. The van der Waals surface area contributed by atoms with E-state index in [0.29, 0.717) is 18.0 Å². The van der Waals surface area contributed by atoms with Crippen LogP contribution in [0.15, 0.2) is 30.5 Å². The molecule has 0 bridgehead atoms. The zero-order valence-electron chi connectivity index (χ0n) is 13.6. The fourth-order valence-electron chi connectivity index (χ4n) is 3.29. The SMILES string of the molecule is CCOCC1CCCN(c2ccnc3cc(C(F)(F)F)ccc23)C1. The lowest BCUT2D eigenvalue weighted by Crippen LogP contribution is -2.37. The minimum Gasteiger partial charge on any atom is -0.381 e. The van der Waals surface area contributed by atoms with E-state index in [9.17, 15) is 13.2 Å². The minimum atomic E-state index is -4.35. The highest BCUT2D eigenvalue weighted by molar-refractivity contribution is 5.92. The number of aromatic nitrogens is 1. The largest absolute Gasteiger partial charge is 0.416 e. The van der Waals surface area contributed by atoms with Gasteiger partial charge in [0.25, 0.3) is 0 Å². The second-order valence-electron chi connectivity index (χ2n) is 6.17. The van der Waals surface area contributed by atoms with E-state index in [2.05, 4.69) is 9.88 Å². The smallest absolute Gasteiger partial charge is 0.381 e. The number of anilines is 1. The molecule has 0 spiro atoms. The number of piperidine rings is 1. The summed E-state index contributed by atoms with van der Waals surface area (Å²) in [5.41, 5.74) is 0.677. The summed E-state index contributed by atoms with van der Waals surface area (Å²) in [6, 6.07) is 5.68. The molecule has 2 heterocycles. The van der Waals surface area contributed by atoms with Crippen LogP contribution in [0.1, 0.15) is 25.3 Å². The molecule has 1 aliphatic heterocycles. The summed E-state index contributed by atoms with van der Waals surface area (Å²) in [4.78, 5) is 6.37. The van der Waals surface area contributed by atoms with Gasteiger partial charge in [-0.1, -0.05) is 6.07 Å². The Morgan fingerprint density at radius 1 is 1.29 bits per heavy atom. The number of hydrogen-bond acceptors (Lipinski definition) is 3. The molecule has 130 valence electrons. The molecule has 1 aliphatic rings. The van der Waals surface area contributed by atoms with Crippen LogP contribution in [0.4, 0.5) is 18.9 Å². The molecule has 1 aromatic heterocycles. The lowest BCUT2D eigenvalue weighted by Gasteiger charge is -2.35. The topological polar surface area (TPSA) is 25.4 Å². The number of fused-ring (bicyclic) bond motifs is 1. The van der Waals surface area contributed by atoms with Gasteiger partial charge in [0.15, 0.2) is 0 Å². The van der Waals surface area contributed by atoms with Crippen LogP contribution in [0.25, 0.3) is 10.9 Å². The fraction of sp³-hybridized carbons (Fsp3) is 0.500. The zero-order chi connectivity index (χ0) is 17.2. The van der Waals surface area contributed by atoms with Crippen molar-refractivity contribution in [3.8, 4) is 0 Å². The van der Waals surface area contributed by atoms with E-state index in [1.165, 1.54) is 6.07 Å². The molecular formula is C18H21F3N2O. The Hall–Kier alpha value is -1.82. The van der Waals surface area contributed by atoms with Crippen LogP contribution >= 0.6 is 0 Å². The molecule has 0 saturated carbocycles. The van der Waals surface area contributed by atoms with Gasteiger partial charge in [-0.05, 0) is 43.9 Å². The zero-order valence-corrected chi connectivity index (χ0v) is 13.6. The van der Waals surface area contributed by atoms with Crippen LogP contribution in [-0.2, 0) is 10.9 Å². The third-order valence-corrected chi connectivity index (χ3v) is 4.46. The first kappa shape index (κ1) is 17.0. The first-order valence-electron chi connectivity index (χ1n) is 8.27. The number of hydrogen-bond donors (Lipinski definition) is 0. The lowest BCUT2D eigenvalue weighted by molar-refractivity contribution is -0.137. The summed E-state index contributed by atoms with van der Waals surface area (Å²) in [6.07, 6.45) is -0.580.